The van der Waals surface area contributed by atoms with Crippen molar-refractivity contribution in [3.63, 3.8) is 0 Å². The van der Waals surface area contributed by atoms with Gasteiger partial charge < -0.3 is 16.0 Å². The molecule has 1 aromatic rings. The molecule has 0 fully saturated rings. The maximum absolute atomic E-state index is 12.0. The maximum Gasteiger partial charge on any atom is 0.241 e. The Morgan fingerprint density at radius 3 is 2.53 bits per heavy atom. The first-order valence-electron chi connectivity index (χ1n) is 6.62. The van der Waals surface area contributed by atoms with E-state index in [-0.39, 0.29) is 11.8 Å². The lowest BCUT2D eigenvalue weighted by atomic mass is 10.0. The Morgan fingerprint density at radius 1 is 1.37 bits per heavy atom. The highest BCUT2D eigenvalue weighted by Crippen LogP contribution is 2.18. The van der Waals surface area contributed by atoms with Gasteiger partial charge in [0.15, 0.2) is 0 Å². The summed E-state index contributed by atoms with van der Waals surface area (Å²) in [6.07, 6.45) is 0. The van der Waals surface area contributed by atoms with E-state index in [1.807, 2.05) is 47.0 Å². The molecule has 0 aromatic heterocycles. The molecule has 4 nitrogen and oxygen atoms in total. The van der Waals surface area contributed by atoms with E-state index < -0.39 is 6.04 Å². The third kappa shape index (κ3) is 4.65. The molecule has 0 aliphatic carbocycles. The van der Waals surface area contributed by atoms with Crippen LogP contribution in [0.4, 0.5) is 5.69 Å². The minimum absolute atomic E-state index is 0.125. The normalized spacial score (nSPS) is 12.8. The number of anilines is 1. The first kappa shape index (κ1) is 15.7. The van der Waals surface area contributed by atoms with Crippen molar-refractivity contribution in [2.75, 3.05) is 19.4 Å². The van der Waals surface area contributed by atoms with E-state index >= 15 is 0 Å². The minimum atomic E-state index is -0.475. The van der Waals surface area contributed by atoms with Crippen molar-refractivity contribution in [1.29, 1.82) is 0 Å². The molecule has 0 spiro atoms. The van der Waals surface area contributed by atoms with Crippen molar-refractivity contribution in [3.8, 4) is 0 Å². The van der Waals surface area contributed by atoms with Crippen LogP contribution < -0.4 is 11.1 Å². The molecule has 0 aliphatic heterocycles. The van der Waals surface area contributed by atoms with E-state index in [4.69, 9.17) is 5.73 Å². The molecule has 1 amide bonds. The predicted octanol–water partition coefficient (Wildman–Crippen LogP) is 1.98. The van der Waals surface area contributed by atoms with E-state index in [0.717, 1.165) is 17.8 Å². The summed E-state index contributed by atoms with van der Waals surface area (Å²) in [4.78, 5) is 14.1. The molecular formula is C15H25N3O. The van der Waals surface area contributed by atoms with Gasteiger partial charge in [-0.05, 0) is 44.1 Å². The molecule has 0 radical (unpaired) electrons. The molecule has 0 saturated carbocycles. The average molecular weight is 263 g/mol. The Hall–Kier alpha value is -1.39. The standard InChI is InChI=1S/C15H25N3O/c1-10(2)14(16)15(19)17-13-8-12(9-18(4)5)7-6-11(13)3/h6-8,10,14H,9,16H2,1-5H3,(H,17,19)/t14-/m0/s1. The van der Waals surface area contributed by atoms with Gasteiger partial charge in [-0.3, -0.25) is 4.79 Å². The fourth-order valence-corrected chi connectivity index (χ4v) is 1.79. The number of aryl methyl sites for hydroxylation is 1. The van der Waals surface area contributed by atoms with E-state index in [2.05, 4.69) is 16.3 Å². The number of nitrogens with two attached hydrogens (primary N) is 1. The maximum atomic E-state index is 12.0. The molecule has 1 aromatic carbocycles. The first-order valence-corrected chi connectivity index (χ1v) is 6.62. The highest BCUT2D eigenvalue weighted by atomic mass is 16.2. The fraction of sp³-hybridized carbons (Fsp3) is 0.533. The van der Waals surface area contributed by atoms with Gasteiger partial charge in [0.25, 0.3) is 0 Å². The van der Waals surface area contributed by atoms with Crippen LogP contribution in [0.1, 0.15) is 25.0 Å². The first-order chi connectivity index (χ1) is 8.81. The quantitative estimate of drug-likeness (QED) is 0.854. The smallest absolute Gasteiger partial charge is 0.241 e. The van der Waals surface area contributed by atoms with Gasteiger partial charge in [0.1, 0.15) is 0 Å². The summed E-state index contributed by atoms with van der Waals surface area (Å²) in [7, 11) is 4.04. The number of hydrogen-bond acceptors (Lipinski definition) is 3. The van der Waals surface area contributed by atoms with Gasteiger partial charge in [-0.1, -0.05) is 26.0 Å². The summed E-state index contributed by atoms with van der Waals surface area (Å²) >= 11 is 0. The zero-order chi connectivity index (χ0) is 14.6. The Bertz CT molecular complexity index is 441. The number of carbonyl (C=O) groups is 1. The Balaban J connectivity index is 2.85. The number of carbonyl (C=O) groups excluding carboxylic acids is 1. The molecule has 0 aliphatic rings. The lowest BCUT2D eigenvalue weighted by molar-refractivity contribution is -0.118. The number of nitrogens with zero attached hydrogens (tertiary/aromatic N) is 1. The van der Waals surface area contributed by atoms with Crippen molar-refractivity contribution in [3.05, 3.63) is 29.3 Å². The van der Waals surface area contributed by atoms with Gasteiger partial charge in [0.05, 0.1) is 6.04 Å². The second kappa shape index (κ2) is 6.68. The average Bonchev–Trinajstić information content (AvgIpc) is 2.31. The Labute approximate surface area is 116 Å². The lowest BCUT2D eigenvalue weighted by Gasteiger charge is -2.18. The largest absolute Gasteiger partial charge is 0.324 e. The third-order valence-electron chi connectivity index (χ3n) is 3.08. The van der Waals surface area contributed by atoms with E-state index in [1.54, 1.807) is 0 Å². The number of amides is 1. The van der Waals surface area contributed by atoms with Crippen LogP contribution in [-0.4, -0.2) is 30.9 Å². The van der Waals surface area contributed by atoms with Gasteiger partial charge in [-0.25, -0.2) is 0 Å². The summed E-state index contributed by atoms with van der Waals surface area (Å²) in [5.41, 5.74) is 8.92. The van der Waals surface area contributed by atoms with Crippen molar-refractivity contribution in [2.45, 2.75) is 33.4 Å². The van der Waals surface area contributed by atoms with Crippen LogP contribution in [0.25, 0.3) is 0 Å². The zero-order valence-corrected chi connectivity index (χ0v) is 12.5. The monoisotopic (exact) mass is 263 g/mol. The Kier molecular flexibility index (Phi) is 5.51. The van der Waals surface area contributed by atoms with Crippen LogP contribution in [-0.2, 0) is 11.3 Å². The Morgan fingerprint density at radius 2 is 2.00 bits per heavy atom. The van der Waals surface area contributed by atoms with Gasteiger partial charge in [-0.2, -0.15) is 0 Å². The minimum Gasteiger partial charge on any atom is -0.324 e. The summed E-state index contributed by atoms with van der Waals surface area (Å²) in [5.74, 6) is 0.00497. The molecule has 0 bridgehead atoms. The van der Waals surface area contributed by atoms with Crippen LogP contribution in [0.2, 0.25) is 0 Å². The van der Waals surface area contributed by atoms with Crippen molar-refractivity contribution in [2.24, 2.45) is 11.7 Å². The summed E-state index contributed by atoms with van der Waals surface area (Å²) < 4.78 is 0. The molecular weight excluding hydrogens is 238 g/mol. The van der Waals surface area contributed by atoms with E-state index in [1.165, 1.54) is 5.56 Å². The van der Waals surface area contributed by atoms with E-state index in [9.17, 15) is 4.79 Å². The van der Waals surface area contributed by atoms with Crippen LogP contribution in [0.5, 0.6) is 0 Å². The second-order valence-electron chi connectivity index (χ2n) is 5.65. The third-order valence-corrected chi connectivity index (χ3v) is 3.08. The van der Waals surface area contributed by atoms with Crippen molar-refractivity contribution < 1.29 is 4.79 Å². The predicted molar refractivity (Wildman–Crippen MR) is 80.0 cm³/mol. The highest BCUT2D eigenvalue weighted by molar-refractivity contribution is 5.95. The molecule has 0 unspecified atom stereocenters. The number of nitrogens with one attached hydrogen (secondary N) is 1. The second-order valence-corrected chi connectivity index (χ2v) is 5.65. The SMILES string of the molecule is Cc1ccc(CN(C)C)cc1NC(=O)[C@@H](N)C(C)C. The fourth-order valence-electron chi connectivity index (χ4n) is 1.79. The van der Waals surface area contributed by atoms with Crippen LogP contribution in [0.3, 0.4) is 0 Å². The zero-order valence-electron chi connectivity index (χ0n) is 12.5. The topological polar surface area (TPSA) is 58.4 Å². The van der Waals surface area contributed by atoms with Gasteiger partial charge in [0, 0.05) is 12.2 Å². The van der Waals surface area contributed by atoms with Gasteiger partial charge in [-0.15, -0.1) is 0 Å². The van der Waals surface area contributed by atoms with Crippen molar-refractivity contribution >= 4 is 11.6 Å². The van der Waals surface area contributed by atoms with Gasteiger partial charge in [0.2, 0.25) is 5.91 Å². The number of benzene rings is 1. The van der Waals surface area contributed by atoms with Crippen molar-refractivity contribution in [1.82, 2.24) is 4.90 Å². The molecule has 0 heterocycles. The summed E-state index contributed by atoms with van der Waals surface area (Å²) in [6.45, 7) is 6.72. The molecule has 1 rings (SSSR count). The van der Waals surface area contributed by atoms with Crippen LogP contribution in [0, 0.1) is 12.8 Å². The van der Waals surface area contributed by atoms with Crippen LogP contribution in [0.15, 0.2) is 18.2 Å². The number of hydrogen-bond donors (Lipinski definition) is 2. The molecule has 1 atom stereocenters. The number of rotatable bonds is 5. The lowest BCUT2D eigenvalue weighted by Crippen LogP contribution is -2.39. The van der Waals surface area contributed by atoms with E-state index in [0.29, 0.717) is 0 Å². The van der Waals surface area contributed by atoms with Crippen LogP contribution >= 0.6 is 0 Å². The molecule has 106 valence electrons. The molecule has 3 N–H and O–H groups in total. The summed E-state index contributed by atoms with van der Waals surface area (Å²) in [5, 5.41) is 2.92. The van der Waals surface area contributed by atoms with Gasteiger partial charge >= 0.3 is 0 Å². The summed E-state index contributed by atoms with van der Waals surface area (Å²) in [6, 6.07) is 5.64. The molecule has 19 heavy (non-hydrogen) atoms. The highest BCUT2D eigenvalue weighted by Gasteiger charge is 2.17. The molecule has 0 saturated heterocycles. The molecule has 4 heteroatoms.